The van der Waals surface area contributed by atoms with E-state index in [-0.39, 0.29) is 23.5 Å². The standard InChI is InChI=1S/C13H17NO5/c1-8-4-5-9(12(15)16)11(10(8)13(17)18)19-7-6-14(2)3/h4-5H,6-7H2,1-3H3,(H,15,16)(H,17,18). The van der Waals surface area contributed by atoms with Gasteiger partial charge in [0.05, 0.1) is 0 Å². The predicted molar refractivity (Wildman–Crippen MR) is 69.1 cm³/mol. The topological polar surface area (TPSA) is 87.1 Å². The minimum absolute atomic E-state index is 0.0816. The lowest BCUT2D eigenvalue weighted by atomic mass is 10.0. The van der Waals surface area contributed by atoms with E-state index >= 15 is 0 Å². The SMILES string of the molecule is Cc1ccc(C(=O)O)c(OCCN(C)C)c1C(=O)O. The molecule has 6 heteroatoms. The van der Waals surface area contributed by atoms with Gasteiger partial charge in [0.25, 0.3) is 0 Å². The molecule has 0 amide bonds. The summed E-state index contributed by atoms with van der Waals surface area (Å²) in [6.45, 7) is 2.39. The number of aryl methyl sites for hydroxylation is 1. The lowest BCUT2D eigenvalue weighted by Gasteiger charge is -2.15. The van der Waals surface area contributed by atoms with Gasteiger partial charge in [-0.2, -0.15) is 0 Å². The van der Waals surface area contributed by atoms with Gasteiger partial charge in [-0.05, 0) is 32.6 Å². The highest BCUT2D eigenvalue weighted by molar-refractivity contribution is 5.99. The van der Waals surface area contributed by atoms with Crippen molar-refractivity contribution in [3.8, 4) is 5.75 Å². The van der Waals surface area contributed by atoms with Crippen LogP contribution in [0.5, 0.6) is 5.75 Å². The smallest absolute Gasteiger partial charge is 0.339 e. The summed E-state index contributed by atoms with van der Waals surface area (Å²) in [6, 6.07) is 2.82. The molecule has 104 valence electrons. The van der Waals surface area contributed by atoms with Crippen LogP contribution in [0, 0.1) is 6.92 Å². The Labute approximate surface area is 111 Å². The number of hydrogen-bond donors (Lipinski definition) is 2. The molecule has 6 nitrogen and oxygen atoms in total. The van der Waals surface area contributed by atoms with Crippen LogP contribution in [-0.2, 0) is 0 Å². The lowest BCUT2D eigenvalue weighted by molar-refractivity contribution is 0.0687. The molecule has 0 aliphatic rings. The summed E-state index contributed by atoms with van der Waals surface area (Å²) in [6.07, 6.45) is 0. The number of likely N-dealkylation sites (N-methyl/N-ethyl adjacent to an activating group) is 1. The fraction of sp³-hybridized carbons (Fsp3) is 0.385. The fourth-order valence-electron chi connectivity index (χ4n) is 1.60. The molecule has 0 saturated heterocycles. The van der Waals surface area contributed by atoms with E-state index in [1.807, 2.05) is 19.0 Å². The zero-order valence-electron chi connectivity index (χ0n) is 11.1. The monoisotopic (exact) mass is 267 g/mol. The Hall–Kier alpha value is -2.08. The van der Waals surface area contributed by atoms with Crippen LogP contribution < -0.4 is 4.74 Å². The van der Waals surface area contributed by atoms with Gasteiger partial charge in [-0.15, -0.1) is 0 Å². The highest BCUT2D eigenvalue weighted by atomic mass is 16.5. The average Bonchev–Trinajstić information content (AvgIpc) is 2.27. The second kappa shape index (κ2) is 6.19. The van der Waals surface area contributed by atoms with Gasteiger partial charge < -0.3 is 19.8 Å². The second-order valence-corrected chi connectivity index (χ2v) is 4.40. The summed E-state index contributed by atoms with van der Waals surface area (Å²) < 4.78 is 5.38. The first-order chi connectivity index (χ1) is 8.84. The summed E-state index contributed by atoms with van der Waals surface area (Å²) >= 11 is 0. The van der Waals surface area contributed by atoms with Crippen molar-refractivity contribution in [2.45, 2.75) is 6.92 Å². The molecule has 0 heterocycles. The fourth-order valence-corrected chi connectivity index (χ4v) is 1.60. The molecular formula is C13H17NO5. The Morgan fingerprint density at radius 1 is 1.21 bits per heavy atom. The maximum absolute atomic E-state index is 11.2. The van der Waals surface area contributed by atoms with E-state index in [2.05, 4.69) is 0 Å². The van der Waals surface area contributed by atoms with E-state index in [1.54, 1.807) is 6.92 Å². The molecule has 0 radical (unpaired) electrons. The average molecular weight is 267 g/mol. The van der Waals surface area contributed by atoms with Crippen molar-refractivity contribution in [1.29, 1.82) is 0 Å². The Morgan fingerprint density at radius 3 is 2.32 bits per heavy atom. The number of benzene rings is 1. The van der Waals surface area contributed by atoms with E-state index < -0.39 is 11.9 Å². The molecule has 0 atom stereocenters. The first-order valence-electron chi connectivity index (χ1n) is 5.72. The lowest BCUT2D eigenvalue weighted by Crippen LogP contribution is -2.21. The maximum atomic E-state index is 11.2. The molecule has 1 aromatic rings. The van der Waals surface area contributed by atoms with Crippen molar-refractivity contribution in [3.63, 3.8) is 0 Å². The predicted octanol–water partition coefficient (Wildman–Crippen LogP) is 1.33. The van der Waals surface area contributed by atoms with Gasteiger partial charge in [-0.3, -0.25) is 0 Å². The van der Waals surface area contributed by atoms with Crippen molar-refractivity contribution in [3.05, 3.63) is 28.8 Å². The third kappa shape index (κ3) is 3.69. The summed E-state index contributed by atoms with van der Waals surface area (Å²) in [5.74, 6) is -2.48. The molecule has 0 spiro atoms. The van der Waals surface area contributed by atoms with Crippen LogP contribution in [-0.4, -0.2) is 54.3 Å². The zero-order chi connectivity index (χ0) is 14.6. The Bertz CT molecular complexity index is 496. The quantitative estimate of drug-likeness (QED) is 0.808. The van der Waals surface area contributed by atoms with Crippen LogP contribution in [0.3, 0.4) is 0 Å². The molecule has 0 unspecified atom stereocenters. The normalized spacial score (nSPS) is 10.5. The van der Waals surface area contributed by atoms with Crippen LogP contribution in [0.4, 0.5) is 0 Å². The van der Waals surface area contributed by atoms with Crippen molar-refractivity contribution >= 4 is 11.9 Å². The second-order valence-electron chi connectivity index (χ2n) is 4.40. The minimum Gasteiger partial charge on any atom is -0.490 e. The molecule has 0 aliphatic heterocycles. The van der Waals surface area contributed by atoms with Gasteiger partial charge >= 0.3 is 11.9 Å². The van der Waals surface area contributed by atoms with Crippen LogP contribution in [0.2, 0.25) is 0 Å². The maximum Gasteiger partial charge on any atom is 0.339 e. The number of aromatic carboxylic acids is 2. The van der Waals surface area contributed by atoms with Crippen LogP contribution >= 0.6 is 0 Å². The highest BCUT2D eigenvalue weighted by Crippen LogP contribution is 2.27. The number of rotatable bonds is 6. The van der Waals surface area contributed by atoms with Crippen LogP contribution in [0.1, 0.15) is 26.3 Å². The molecule has 1 rings (SSSR count). The number of ether oxygens (including phenoxy) is 1. The number of hydrogen-bond acceptors (Lipinski definition) is 4. The first-order valence-corrected chi connectivity index (χ1v) is 5.72. The summed E-state index contributed by atoms with van der Waals surface area (Å²) in [5.41, 5.74) is 0.234. The van der Waals surface area contributed by atoms with Crippen molar-refractivity contribution in [2.75, 3.05) is 27.2 Å². The third-order valence-corrected chi connectivity index (χ3v) is 2.60. The molecule has 19 heavy (non-hydrogen) atoms. The van der Waals surface area contributed by atoms with E-state index in [4.69, 9.17) is 9.84 Å². The van der Waals surface area contributed by atoms with E-state index in [9.17, 15) is 14.7 Å². The number of nitrogens with zero attached hydrogens (tertiary/aromatic N) is 1. The molecule has 0 bridgehead atoms. The first kappa shape index (κ1) is 15.0. The highest BCUT2D eigenvalue weighted by Gasteiger charge is 2.22. The van der Waals surface area contributed by atoms with Gasteiger partial charge in [-0.25, -0.2) is 9.59 Å². The number of carboxylic acids is 2. The van der Waals surface area contributed by atoms with Crippen LogP contribution in [0.25, 0.3) is 0 Å². The van der Waals surface area contributed by atoms with Gasteiger partial charge in [0, 0.05) is 6.54 Å². The molecule has 0 fully saturated rings. The molecule has 0 aliphatic carbocycles. The Balaban J connectivity index is 3.18. The van der Waals surface area contributed by atoms with E-state index in [1.165, 1.54) is 12.1 Å². The van der Waals surface area contributed by atoms with Crippen LogP contribution in [0.15, 0.2) is 12.1 Å². The van der Waals surface area contributed by atoms with Gasteiger partial charge in [0.1, 0.15) is 23.5 Å². The van der Waals surface area contributed by atoms with Crippen molar-refractivity contribution in [2.24, 2.45) is 0 Å². The summed E-state index contributed by atoms with van der Waals surface area (Å²) in [7, 11) is 3.69. The van der Waals surface area contributed by atoms with Gasteiger partial charge in [-0.1, -0.05) is 6.07 Å². The minimum atomic E-state index is -1.21. The third-order valence-electron chi connectivity index (χ3n) is 2.60. The van der Waals surface area contributed by atoms with Crippen molar-refractivity contribution in [1.82, 2.24) is 4.90 Å². The van der Waals surface area contributed by atoms with Gasteiger partial charge in [0.15, 0.2) is 0 Å². The molecule has 0 saturated carbocycles. The number of carbonyl (C=O) groups is 2. The molecular weight excluding hydrogens is 250 g/mol. The Kier molecular flexibility index (Phi) is 4.88. The van der Waals surface area contributed by atoms with Gasteiger partial charge in [0.2, 0.25) is 0 Å². The largest absolute Gasteiger partial charge is 0.490 e. The van der Waals surface area contributed by atoms with E-state index in [0.717, 1.165) is 0 Å². The zero-order valence-corrected chi connectivity index (χ0v) is 11.1. The molecule has 1 aromatic carbocycles. The summed E-state index contributed by atoms with van der Waals surface area (Å²) in [4.78, 5) is 24.2. The Morgan fingerprint density at radius 2 is 1.84 bits per heavy atom. The molecule has 0 aromatic heterocycles. The molecule has 2 N–H and O–H groups in total. The van der Waals surface area contributed by atoms with Crippen molar-refractivity contribution < 1.29 is 24.5 Å². The van der Waals surface area contributed by atoms with E-state index in [0.29, 0.717) is 12.1 Å². The number of carboxylic acid groups (broad SMARTS) is 2. The summed E-state index contributed by atoms with van der Waals surface area (Å²) in [5, 5.41) is 18.3.